The van der Waals surface area contributed by atoms with Crippen LogP contribution in [0.4, 0.5) is 5.69 Å². The highest BCUT2D eigenvalue weighted by Crippen LogP contribution is 2.18. The van der Waals surface area contributed by atoms with E-state index in [1.54, 1.807) is 42.5 Å². The number of esters is 1. The highest BCUT2D eigenvalue weighted by atomic mass is 35.5. The van der Waals surface area contributed by atoms with Gasteiger partial charge in [-0.3, -0.25) is 9.59 Å². The van der Waals surface area contributed by atoms with Crippen LogP contribution in [0.15, 0.2) is 48.5 Å². The van der Waals surface area contributed by atoms with E-state index in [4.69, 9.17) is 16.3 Å². The number of carbonyl (C=O) groups excluding carboxylic acids is 3. The Bertz CT molecular complexity index is 833. The van der Waals surface area contributed by atoms with Crippen LogP contribution in [0.2, 0.25) is 5.02 Å². The van der Waals surface area contributed by atoms with Crippen LogP contribution in [0.3, 0.4) is 0 Å². The molecule has 0 saturated carbocycles. The van der Waals surface area contributed by atoms with Gasteiger partial charge in [0.1, 0.15) is 0 Å². The third kappa shape index (κ3) is 6.09. The Morgan fingerprint density at radius 3 is 2.29 bits per heavy atom. The minimum Gasteiger partial charge on any atom is -0.452 e. The fourth-order valence-corrected chi connectivity index (χ4v) is 2.66. The molecule has 0 aliphatic heterocycles. The Morgan fingerprint density at radius 2 is 1.64 bits per heavy atom. The summed E-state index contributed by atoms with van der Waals surface area (Å²) in [6.07, 6.45) is 1.60. The van der Waals surface area contributed by atoms with Crippen molar-refractivity contribution in [2.45, 2.75) is 32.7 Å². The second kappa shape index (κ2) is 10.5. The molecule has 0 fully saturated rings. The number of nitrogens with one attached hydrogen (secondary N) is 2. The topological polar surface area (TPSA) is 84.5 Å². The second-order valence-electron chi connectivity index (χ2n) is 6.16. The predicted octanol–water partition coefficient (Wildman–Crippen LogP) is 4.05. The Hall–Kier alpha value is -2.86. The highest BCUT2D eigenvalue weighted by molar-refractivity contribution is 6.30. The lowest BCUT2D eigenvalue weighted by atomic mass is 10.1. The van der Waals surface area contributed by atoms with Crippen LogP contribution in [0.1, 0.15) is 47.4 Å². The van der Waals surface area contributed by atoms with Gasteiger partial charge < -0.3 is 15.4 Å². The van der Waals surface area contributed by atoms with E-state index in [1.807, 2.05) is 13.8 Å². The fourth-order valence-electron chi connectivity index (χ4n) is 2.54. The average molecular weight is 403 g/mol. The molecule has 0 bridgehead atoms. The van der Waals surface area contributed by atoms with Gasteiger partial charge in [-0.05, 0) is 49.2 Å². The Balaban J connectivity index is 2.02. The SMILES string of the molecule is CCC(CC)NC(=O)COC(=O)c1ccccc1NC(=O)c1ccc(Cl)cc1. The number of rotatable bonds is 8. The quantitative estimate of drug-likeness (QED) is 0.652. The van der Waals surface area contributed by atoms with Crippen molar-refractivity contribution in [3.05, 3.63) is 64.7 Å². The summed E-state index contributed by atoms with van der Waals surface area (Å²) >= 11 is 5.83. The summed E-state index contributed by atoms with van der Waals surface area (Å²) in [4.78, 5) is 36.7. The second-order valence-corrected chi connectivity index (χ2v) is 6.60. The number of para-hydroxylation sites is 1. The number of benzene rings is 2. The zero-order valence-electron chi connectivity index (χ0n) is 15.8. The molecule has 0 heterocycles. The summed E-state index contributed by atoms with van der Waals surface area (Å²) < 4.78 is 5.10. The van der Waals surface area contributed by atoms with Crippen LogP contribution in [0.5, 0.6) is 0 Å². The van der Waals surface area contributed by atoms with E-state index in [0.717, 1.165) is 12.8 Å². The Morgan fingerprint density at radius 1 is 1.00 bits per heavy atom. The summed E-state index contributed by atoms with van der Waals surface area (Å²) in [5.74, 6) is -1.43. The molecule has 0 aliphatic rings. The van der Waals surface area contributed by atoms with Crippen molar-refractivity contribution >= 4 is 35.1 Å². The summed E-state index contributed by atoms with van der Waals surface area (Å²) in [5.41, 5.74) is 0.866. The number of ether oxygens (including phenoxy) is 1. The first-order valence-electron chi connectivity index (χ1n) is 9.07. The molecule has 0 aromatic heterocycles. The number of amides is 2. The van der Waals surface area contributed by atoms with Gasteiger partial charge in [-0.1, -0.05) is 37.6 Å². The van der Waals surface area contributed by atoms with Gasteiger partial charge in [0.25, 0.3) is 11.8 Å². The lowest BCUT2D eigenvalue weighted by molar-refractivity contribution is -0.125. The number of halogens is 1. The molecule has 2 aromatic carbocycles. The molecule has 2 amide bonds. The van der Waals surface area contributed by atoms with E-state index in [9.17, 15) is 14.4 Å². The van der Waals surface area contributed by atoms with Gasteiger partial charge in [-0.2, -0.15) is 0 Å². The van der Waals surface area contributed by atoms with Gasteiger partial charge in [-0.15, -0.1) is 0 Å². The number of anilines is 1. The zero-order chi connectivity index (χ0) is 20.5. The molecule has 2 rings (SSSR count). The van der Waals surface area contributed by atoms with Crippen LogP contribution >= 0.6 is 11.6 Å². The van der Waals surface area contributed by atoms with Crippen molar-refractivity contribution in [2.24, 2.45) is 0 Å². The van der Waals surface area contributed by atoms with Crippen molar-refractivity contribution in [1.29, 1.82) is 0 Å². The normalized spacial score (nSPS) is 10.4. The van der Waals surface area contributed by atoms with E-state index in [-0.39, 0.29) is 30.0 Å². The molecule has 2 N–H and O–H groups in total. The van der Waals surface area contributed by atoms with Crippen molar-refractivity contribution < 1.29 is 19.1 Å². The minimum absolute atomic E-state index is 0.0529. The molecular weight excluding hydrogens is 380 g/mol. The van der Waals surface area contributed by atoms with Crippen molar-refractivity contribution in [2.75, 3.05) is 11.9 Å². The van der Waals surface area contributed by atoms with Gasteiger partial charge in [0, 0.05) is 16.6 Å². The molecular formula is C21H23ClN2O4. The minimum atomic E-state index is -0.688. The third-order valence-electron chi connectivity index (χ3n) is 4.19. The maximum Gasteiger partial charge on any atom is 0.340 e. The summed E-state index contributed by atoms with van der Waals surface area (Å²) in [6, 6.07) is 12.9. The van der Waals surface area contributed by atoms with Gasteiger partial charge in [0.15, 0.2) is 6.61 Å². The maximum atomic E-state index is 12.4. The van der Waals surface area contributed by atoms with Crippen LogP contribution in [0.25, 0.3) is 0 Å². The van der Waals surface area contributed by atoms with Crippen LogP contribution in [-0.4, -0.2) is 30.4 Å². The van der Waals surface area contributed by atoms with Gasteiger partial charge in [-0.25, -0.2) is 4.79 Å². The first kappa shape index (κ1) is 21.4. The van der Waals surface area contributed by atoms with Crippen molar-refractivity contribution in [1.82, 2.24) is 5.32 Å². The Kier molecular flexibility index (Phi) is 8.02. The van der Waals surface area contributed by atoms with E-state index in [0.29, 0.717) is 16.3 Å². The van der Waals surface area contributed by atoms with E-state index < -0.39 is 5.97 Å². The van der Waals surface area contributed by atoms with Crippen molar-refractivity contribution in [3.63, 3.8) is 0 Å². The highest BCUT2D eigenvalue weighted by Gasteiger charge is 2.17. The maximum absolute atomic E-state index is 12.4. The number of hydrogen-bond acceptors (Lipinski definition) is 4. The molecule has 0 saturated heterocycles. The standard InChI is InChI=1S/C21H23ClN2O4/c1-3-16(4-2)23-19(25)13-28-21(27)17-7-5-6-8-18(17)24-20(26)14-9-11-15(22)12-10-14/h5-12,16H,3-4,13H2,1-2H3,(H,23,25)(H,24,26). The van der Waals surface area contributed by atoms with Crippen LogP contribution < -0.4 is 10.6 Å². The van der Waals surface area contributed by atoms with Gasteiger partial charge in [0.2, 0.25) is 0 Å². The molecule has 0 spiro atoms. The monoisotopic (exact) mass is 402 g/mol. The lowest BCUT2D eigenvalue weighted by Gasteiger charge is -2.15. The molecule has 0 unspecified atom stereocenters. The van der Waals surface area contributed by atoms with Gasteiger partial charge in [0.05, 0.1) is 11.3 Å². The number of hydrogen-bond donors (Lipinski definition) is 2. The molecule has 0 aliphatic carbocycles. The molecule has 2 aromatic rings. The Labute approximate surface area is 169 Å². The fraction of sp³-hybridized carbons (Fsp3) is 0.286. The molecule has 7 heteroatoms. The first-order chi connectivity index (χ1) is 13.4. The third-order valence-corrected chi connectivity index (χ3v) is 4.44. The largest absolute Gasteiger partial charge is 0.452 e. The molecule has 6 nitrogen and oxygen atoms in total. The van der Waals surface area contributed by atoms with E-state index >= 15 is 0 Å². The molecule has 0 radical (unpaired) electrons. The number of carbonyl (C=O) groups is 3. The van der Waals surface area contributed by atoms with E-state index in [1.165, 1.54) is 6.07 Å². The molecule has 28 heavy (non-hydrogen) atoms. The molecule has 148 valence electrons. The summed E-state index contributed by atoms with van der Waals surface area (Å²) in [6.45, 7) is 3.56. The smallest absolute Gasteiger partial charge is 0.340 e. The zero-order valence-corrected chi connectivity index (χ0v) is 16.6. The average Bonchev–Trinajstić information content (AvgIpc) is 2.71. The van der Waals surface area contributed by atoms with E-state index in [2.05, 4.69) is 10.6 Å². The predicted molar refractivity (Wildman–Crippen MR) is 109 cm³/mol. The summed E-state index contributed by atoms with van der Waals surface area (Å²) in [7, 11) is 0. The summed E-state index contributed by atoms with van der Waals surface area (Å²) in [5, 5.41) is 6.00. The van der Waals surface area contributed by atoms with Crippen molar-refractivity contribution in [3.8, 4) is 0 Å². The van der Waals surface area contributed by atoms with Crippen LogP contribution in [0, 0.1) is 0 Å². The molecule has 0 atom stereocenters. The first-order valence-corrected chi connectivity index (χ1v) is 9.44. The van der Waals surface area contributed by atoms with Crippen LogP contribution in [-0.2, 0) is 9.53 Å². The lowest BCUT2D eigenvalue weighted by Crippen LogP contribution is -2.36. The van der Waals surface area contributed by atoms with Gasteiger partial charge >= 0.3 is 5.97 Å².